The number of pyridine rings is 1. The average Bonchev–Trinajstić information content (AvgIpc) is 3.64. The minimum atomic E-state index is 0.691. The molecule has 3 heterocycles. The minimum Gasteiger partial charge on any atom is -0.455 e. The Morgan fingerprint density at radius 2 is 0.830 bits per heavy atom. The molecule has 0 radical (unpaired) electrons. The number of nitrogens with zero attached hydrogens (tertiary/aromatic N) is 3. The Bertz CT molecular complexity index is 2900. The Hall–Kier alpha value is -7.17. The van der Waals surface area contributed by atoms with Gasteiger partial charge in [-0.15, -0.1) is 0 Å². The van der Waals surface area contributed by atoms with Gasteiger partial charge in [-0.3, -0.25) is 0 Å². The van der Waals surface area contributed by atoms with Crippen LogP contribution in [0.5, 0.6) is 0 Å². The number of aromatic nitrogens is 3. The Balaban J connectivity index is 1.05. The van der Waals surface area contributed by atoms with E-state index in [1.807, 2.05) is 42.5 Å². The molecule has 0 aliphatic rings. The lowest BCUT2D eigenvalue weighted by atomic mass is 9.98. The highest BCUT2D eigenvalue weighted by Gasteiger charge is 2.18. The topological polar surface area (TPSA) is 51.8 Å². The molecule has 0 aliphatic carbocycles. The molecule has 7 aromatic carbocycles. The normalized spacial score (nSPS) is 11.4. The van der Waals surface area contributed by atoms with E-state index in [2.05, 4.69) is 146 Å². The number of furan rings is 1. The second kappa shape index (κ2) is 12.9. The van der Waals surface area contributed by atoms with Crippen LogP contribution in [0.3, 0.4) is 0 Å². The summed E-state index contributed by atoms with van der Waals surface area (Å²) in [7, 11) is 0. The Labute approximate surface area is 306 Å². The van der Waals surface area contributed by atoms with Crippen LogP contribution in [0.4, 0.5) is 0 Å². The van der Waals surface area contributed by atoms with Gasteiger partial charge in [0.15, 0.2) is 5.82 Å². The van der Waals surface area contributed by atoms with Crippen LogP contribution in [0, 0.1) is 0 Å². The number of rotatable bonds is 6. The SMILES string of the molecule is c1ccc(-c2ccc(-c3nc(-c4ccccc4)cc(-c4ccc(-c5ccc6nc(-c7ccccc7)c7c8ccccc8oc7c6c5)cc4)n3)cc2)cc1. The first-order chi connectivity index (χ1) is 26.2. The standard InChI is InChI=1S/C49H31N3O/c1-4-12-32(13-5-1)33-22-26-38(27-23-33)49-51-43(35-14-6-2-7-15-35)31-44(52-49)36-24-20-34(21-25-36)39-28-29-42-41(30-39)48-46(40-18-10-11-19-45(40)53-48)47(50-42)37-16-8-3-9-17-37/h1-31H. The summed E-state index contributed by atoms with van der Waals surface area (Å²) in [5.41, 5.74) is 13.9. The highest BCUT2D eigenvalue weighted by Crippen LogP contribution is 2.40. The zero-order valence-corrected chi connectivity index (χ0v) is 28.6. The zero-order valence-electron chi connectivity index (χ0n) is 28.6. The van der Waals surface area contributed by atoms with Gasteiger partial charge in [-0.05, 0) is 46.5 Å². The van der Waals surface area contributed by atoms with Gasteiger partial charge in [-0.2, -0.15) is 0 Å². The number of fused-ring (bicyclic) bond motifs is 5. The molecular formula is C49H31N3O. The lowest BCUT2D eigenvalue weighted by Gasteiger charge is -2.11. The third-order valence-electron chi connectivity index (χ3n) is 9.91. The van der Waals surface area contributed by atoms with E-state index in [9.17, 15) is 0 Å². The predicted molar refractivity (Wildman–Crippen MR) is 217 cm³/mol. The predicted octanol–water partition coefficient (Wildman–Crippen LogP) is 12.9. The number of hydrogen-bond donors (Lipinski definition) is 0. The maximum absolute atomic E-state index is 6.57. The van der Waals surface area contributed by atoms with Gasteiger partial charge >= 0.3 is 0 Å². The molecule has 4 heteroatoms. The quantitative estimate of drug-likeness (QED) is 0.176. The fourth-order valence-electron chi connectivity index (χ4n) is 7.20. The Kier molecular flexibility index (Phi) is 7.43. The van der Waals surface area contributed by atoms with Crippen LogP contribution in [0.25, 0.3) is 100 Å². The number of benzene rings is 7. The van der Waals surface area contributed by atoms with E-state index >= 15 is 0 Å². The average molecular weight is 678 g/mol. The Morgan fingerprint density at radius 1 is 0.340 bits per heavy atom. The third kappa shape index (κ3) is 5.63. The van der Waals surface area contributed by atoms with Crippen molar-refractivity contribution >= 4 is 32.8 Å². The van der Waals surface area contributed by atoms with E-state index in [1.54, 1.807) is 0 Å². The molecular weight excluding hydrogens is 647 g/mol. The maximum Gasteiger partial charge on any atom is 0.160 e. The summed E-state index contributed by atoms with van der Waals surface area (Å²) in [5.74, 6) is 0.691. The first-order valence-corrected chi connectivity index (χ1v) is 17.8. The Morgan fingerprint density at radius 3 is 1.51 bits per heavy atom. The van der Waals surface area contributed by atoms with Crippen molar-refractivity contribution in [3.05, 3.63) is 188 Å². The lowest BCUT2D eigenvalue weighted by molar-refractivity contribution is 0.672. The molecule has 0 aliphatic heterocycles. The van der Waals surface area contributed by atoms with Gasteiger partial charge in [-0.25, -0.2) is 15.0 Å². The van der Waals surface area contributed by atoms with E-state index in [0.29, 0.717) is 5.82 Å². The van der Waals surface area contributed by atoms with Crippen LogP contribution in [0.15, 0.2) is 192 Å². The van der Waals surface area contributed by atoms with Gasteiger partial charge in [0, 0.05) is 33.0 Å². The molecule has 0 spiro atoms. The molecule has 3 aromatic heterocycles. The van der Waals surface area contributed by atoms with E-state index in [-0.39, 0.29) is 0 Å². The van der Waals surface area contributed by atoms with E-state index in [1.165, 1.54) is 5.56 Å². The molecule has 248 valence electrons. The van der Waals surface area contributed by atoms with Crippen molar-refractivity contribution < 1.29 is 4.42 Å². The van der Waals surface area contributed by atoms with Gasteiger partial charge in [-0.1, -0.05) is 164 Å². The highest BCUT2D eigenvalue weighted by molar-refractivity contribution is 6.19. The first-order valence-electron chi connectivity index (χ1n) is 17.8. The van der Waals surface area contributed by atoms with E-state index in [0.717, 1.165) is 88.9 Å². The summed E-state index contributed by atoms with van der Waals surface area (Å²) in [6.45, 7) is 0. The van der Waals surface area contributed by atoms with Gasteiger partial charge < -0.3 is 4.42 Å². The minimum absolute atomic E-state index is 0.691. The summed E-state index contributed by atoms with van der Waals surface area (Å²) >= 11 is 0. The molecule has 0 saturated heterocycles. The summed E-state index contributed by atoms with van der Waals surface area (Å²) in [6, 6.07) is 64.9. The molecule has 0 unspecified atom stereocenters. The molecule has 0 amide bonds. The molecule has 53 heavy (non-hydrogen) atoms. The lowest BCUT2D eigenvalue weighted by Crippen LogP contribution is -1.96. The summed E-state index contributed by atoms with van der Waals surface area (Å²) < 4.78 is 6.57. The van der Waals surface area contributed by atoms with Gasteiger partial charge in [0.25, 0.3) is 0 Å². The third-order valence-corrected chi connectivity index (χ3v) is 9.91. The second-order valence-electron chi connectivity index (χ2n) is 13.2. The zero-order chi connectivity index (χ0) is 35.1. The van der Waals surface area contributed by atoms with E-state index < -0.39 is 0 Å². The van der Waals surface area contributed by atoms with Crippen LogP contribution < -0.4 is 0 Å². The second-order valence-corrected chi connectivity index (χ2v) is 13.2. The molecule has 4 nitrogen and oxygen atoms in total. The smallest absolute Gasteiger partial charge is 0.160 e. The van der Waals surface area contributed by atoms with Gasteiger partial charge in [0.1, 0.15) is 11.2 Å². The number of para-hydroxylation sites is 1. The molecule has 0 N–H and O–H groups in total. The van der Waals surface area contributed by atoms with Gasteiger partial charge in [0.05, 0.1) is 28.0 Å². The van der Waals surface area contributed by atoms with Crippen molar-refractivity contribution in [1.82, 2.24) is 15.0 Å². The fraction of sp³-hybridized carbons (Fsp3) is 0. The molecule has 0 atom stereocenters. The molecule has 0 bridgehead atoms. The summed E-state index contributed by atoms with van der Waals surface area (Å²) in [4.78, 5) is 15.3. The largest absolute Gasteiger partial charge is 0.455 e. The van der Waals surface area contributed by atoms with Crippen LogP contribution in [-0.2, 0) is 0 Å². The van der Waals surface area contributed by atoms with Crippen molar-refractivity contribution in [3.8, 4) is 67.4 Å². The molecule has 10 rings (SSSR count). The van der Waals surface area contributed by atoms with Crippen LogP contribution in [-0.4, -0.2) is 15.0 Å². The van der Waals surface area contributed by atoms with Crippen LogP contribution in [0.2, 0.25) is 0 Å². The fourth-order valence-corrected chi connectivity index (χ4v) is 7.20. The highest BCUT2D eigenvalue weighted by atomic mass is 16.3. The van der Waals surface area contributed by atoms with Crippen LogP contribution >= 0.6 is 0 Å². The summed E-state index contributed by atoms with van der Waals surface area (Å²) in [5, 5.41) is 3.09. The molecule has 10 aromatic rings. The van der Waals surface area contributed by atoms with Gasteiger partial charge in [0.2, 0.25) is 0 Å². The monoisotopic (exact) mass is 677 g/mol. The molecule has 0 fully saturated rings. The molecule has 0 saturated carbocycles. The van der Waals surface area contributed by atoms with Crippen molar-refractivity contribution in [3.63, 3.8) is 0 Å². The van der Waals surface area contributed by atoms with Crippen molar-refractivity contribution in [2.45, 2.75) is 0 Å². The van der Waals surface area contributed by atoms with Crippen LogP contribution in [0.1, 0.15) is 0 Å². The van der Waals surface area contributed by atoms with Crippen molar-refractivity contribution in [2.75, 3.05) is 0 Å². The van der Waals surface area contributed by atoms with E-state index in [4.69, 9.17) is 19.4 Å². The number of hydrogen-bond acceptors (Lipinski definition) is 4. The first kappa shape index (κ1) is 30.6. The van der Waals surface area contributed by atoms with Crippen molar-refractivity contribution in [2.24, 2.45) is 0 Å². The summed E-state index contributed by atoms with van der Waals surface area (Å²) in [6.07, 6.45) is 0. The van der Waals surface area contributed by atoms with Crippen molar-refractivity contribution in [1.29, 1.82) is 0 Å². The maximum atomic E-state index is 6.57.